The molecule has 4 heteroatoms. The normalized spacial score (nSPS) is 12.7. The lowest BCUT2D eigenvalue weighted by Crippen LogP contribution is -2.13. The summed E-state index contributed by atoms with van der Waals surface area (Å²) in [7, 11) is 0. The number of rotatable bonds is 3. The lowest BCUT2D eigenvalue weighted by molar-refractivity contribution is 0.524. The van der Waals surface area contributed by atoms with Crippen molar-refractivity contribution in [2.75, 3.05) is 0 Å². The smallest absolute Gasteiger partial charge is 0.105 e. The number of aryl methyl sites for hydroxylation is 1. The van der Waals surface area contributed by atoms with E-state index < -0.39 is 0 Å². The van der Waals surface area contributed by atoms with Crippen LogP contribution in [0.4, 0.5) is 0 Å². The molecule has 0 saturated carbocycles. The predicted octanol–water partition coefficient (Wildman–Crippen LogP) is 2.88. The van der Waals surface area contributed by atoms with Gasteiger partial charge in [-0.05, 0) is 31.0 Å². The van der Waals surface area contributed by atoms with E-state index in [4.69, 9.17) is 21.8 Å². The Labute approximate surface area is 99.2 Å². The van der Waals surface area contributed by atoms with Gasteiger partial charge in [-0.3, -0.25) is 4.98 Å². The van der Waals surface area contributed by atoms with Crippen LogP contribution < -0.4 is 5.73 Å². The van der Waals surface area contributed by atoms with Crippen molar-refractivity contribution in [1.29, 1.82) is 0 Å². The second-order valence-electron chi connectivity index (χ2n) is 3.71. The number of nitrogens with two attached hydrogens (primary N) is 1. The molecule has 1 unspecified atom stereocenters. The lowest BCUT2D eigenvalue weighted by Gasteiger charge is -2.11. The Balaban J connectivity index is 2.17. The third-order valence-corrected chi connectivity index (χ3v) is 2.94. The van der Waals surface area contributed by atoms with Crippen LogP contribution >= 0.6 is 11.6 Å². The average molecular weight is 237 g/mol. The van der Waals surface area contributed by atoms with Gasteiger partial charge in [-0.2, -0.15) is 0 Å². The number of aromatic nitrogens is 1. The molecule has 2 rings (SSSR count). The van der Waals surface area contributed by atoms with Gasteiger partial charge in [-0.1, -0.05) is 11.6 Å². The van der Waals surface area contributed by atoms with E-state index in [1.54, 1.807) is 18.7 Å². The number of hydrogen-bond donors (Lipinski definition) is 1. The number of halogens is 1. The molecule has 0 fully saturated rings. The van der Waals surface area contributed by atoms with Gasteiger partial charge in [0.15, 0.2) is 0 Å². The first-order valence-electron chi connectivity index (χ1n) is 5.06. The molecule has 0 amide bonds. The fourth-order valence-electron chi connectivity index (χ4n) is 1.70. The van der Waals surface area contributed by atoms with E-state index in [2.05, 4.69) is 4.98 Å². The second-order valence-corrected chi connectivity index (χ2v) is 4.12. The number of nitrogens with zero attached hydrogens (tertiary/aromatic N) is 1. The van der Waals surface area contributed by atoms with E-state index in [0.717, 1.165) is 16.9 Å². The highest BCUT2D eigenvalue weighted by Crippen LogP contribution is 2.23. The van der Waals surface area contributed by atoms with Crippen molar-refractivity contribution in [1.82, 2.24) is 4.98 Å². The molecule has 2 aromatic heterocycles. The minimum Gasteiger partial charge on any atom is -0.469 e. The highest BCUT2D eigenvalue weighted by Gasteiger charge is 2.13. The molecule has 2 heterocycles. The van der Waals surface area contributed by atoms with Crippen LogP contribution in [0.1, 0.15) is 22.9 Å². The van der Waals surface area contributed by atoms with Crippen LogP contribution in [0.15, 0.2) is 35.2 Å². The highest BCUT2D eigenvalue weighted by atomic mass is 35.5. The van der Waals surface area contributed by atoms with Gasteiger partial charge in [0.05, 0.1) is 11.3 Å². The molecule has 0 saturated heterocycles. The summed E-state index contributed by atoms with van der Waals surface area (Å²) in [6.45, 7) is 1.91. The SMILES string of the molecule is Cc1occc1C(N)Cc1ccncc1Cl. The number of furan rings is 1. The average Bonchev–Trinajstić information content (AvgIpc) is 2.68. The third-order valence-electron chi connectivity index (χ3n) is 2.59. The molecular formula is C12H13ClN2O. The maximum Gasteiger partial charge on any atom is 0.105 e. The zero-order chi connectivity index (χ0) is 11.5. The largest absolute Gasteiger partial charge is 0.469 e. The summed E-state index contributed by atoms with van der Waals surface area (Å²) < 4.78 is 5.23. The summed E-state index contributed by atoms with van der Waals surface area (Å²) in [5, 5.41) is 0.652. The molecular weight excluding hydrogens is 224 g/mol. The second kappa shape index (κ2) is 4.68. The van der Waals surface area contributed by atoms with Crippen LogP contribution in [0.25, 0.3) is 0 Å². The lowest BCUT2D eigenvalue weighted by atomic mass is 10.0. The Hall–Kier alpha value is -1.32. The quantitative estimate of drug-likeness (QED) is 0.892. The van der Waals surface area contributed by atoms with Crippen molar-refractivity contribution in [2.45, 2.75) is 19.4 Å². The maximum atomic E-state index is 6.10. The fourth-order valence-corrected chi connectivity index (χ4v) is 1.89. The van der Waals surface area contributed by atoms with Gasteiger partial charge in [0.2, 0.25) is 0 Å². The summed E-state index contributed by atoms with van der Waals surface area (Å²) in [6, 6.07) is 3.69. The molecule has 0 aliphatic heterocycles. The van der Waals surface area contributed by atoms with Crippen LogP contribution in [0.2, 0.25) is 5.02 Å². The molecule has 2 N–H and O–H groups in total. The van der Waals surface area contributed by atoms with E-state index in [0.29, 0.717) is 11.4 Å². The van der Waals surface area contributed by atoms with Crippen LogP contribution in [-0.4, -0.2) is 4.98 Å². The monoisotopic (exact) mass is 236 g/mol. The first-order valence-corrected chi connectivity index (χ1v) is 5.44. The van der Waals surface area contributed by atoms with E-state index in [-0.39, 0.29) is 6.04 Å². The summed E-state index contributed by atoms with van der Waals surface area (Å²) in [6.07, 6.45) is 5.68. The van der Waals surface area contributed by atoms with Gasteiger partial charge in [-0.15, -0.1) is 0 Å². The van der Waals surface area contributed by atoms with E-state index in [9.17, 15) is 0 Å². The summed E-state index contributed by atoms with van der Waals surface area (Å²) >= 11 is 6.03. The summed E-state index contributed by atoms with van der Waals surface area (Å²) in [5.41, 5.74) is 8.13. The van der Waals surface area contributed by atoms with Gasteiger partial charge in [-0.25, -0.2) is 0 Å². The van der Waals surface area contributed by atoms with Crippen LogP contribution in [0, 0.1) is 6.92 Å². The first kappa shape index (κ1) is 11.2. The van der Waals surface area contributed by atoms with Gasteiger partial charge < -0.3 is 10.2 Å². The van der Waals surface area contributed by atoms with Crippen LogP contribution in [0.5, 0.6) is 0 Å². The van der Waals surface area contributed by atoms with E-state index in [1.165, 1.54) is 0 Å². The minimum absolute atomic E-state index is 0.0985. The fraction of sp³-hybridized carbons (Fsp3) is 0.250. The maximum absolute atomic E-state index is 6.10. The van der Waals surface area contributed by atoms with Crippen LogP contribution in [0.3, 0.4) is 0 Å². The van der Waals surface area contributed by atoms with Gasteiger partial charge in [0.1, 0.15) is 5.76 Å². The predicted molar refractivity (Wildman–Crippen MR) is 63.3 cm³/mol. The van der Waals surface area contributed by atoms with E-state index >= 15 is 0 Å². The number of pyridine rings is 1. The van der Waals surface area contributed by atoms with Crippen molar-refractivity contribution in [3.8, 4) is 0 Å². The molecule has 0 aliphatic rings. The molecule has 3 nitrogen and oxygen atoms in total. The van der Waals surface area contributed by atoms with Crippen LogP contribution in [-0.2, 0) is 6.42 Å². The number of hydrogen-bond acceptors (Lipinski definition) is 3. The van der Waals surface area contributed by atoms with Crippen molar-refractivity contribution in [2.24, 2.45) is 5.73 Å². The molecule has 0 spiro atoms. The van der Waals surface area contributed by atoms with Gasteiger partial charge in [0.25, 0.3) is 0 Å². The highest BCUT2D eigenvalue weighted by molar-refractivity contribution is 6.31. The van der Waals surface area contributed by atoms with Gasteiger partial charge >= 0.3 is 0 Å². The summed E-state index contributed by atoms with van der Waals surface area (Å²) in [5.74, 6) is 0.859. The van der Waals surface area contributed by atoms with Gasteiger partial charge in [0, 0.05) is 24.0 Å². The Morgan fingerprint density at radius 2 is 2.31 bits per heavy atom. The molecule has 16 heavy (non-hydrogen) atoms. The Kier molecular flexibility index (Phi) is 3.27. The zero-order valence-corrected chi connectivity index (χ0v) is 9.74. The molecule has 2 aromatic rings. The molecule has 84 valence electrons. The molecule has 0 aromatic carbocycles. The van der Waals surface area contributed by atoms with Crippen molar-refractivity contribution in [3.63, 3.8) is 0 Å². The topological polar surface area (TPSA) is 52.0 Å². The molecule has 0 radical (unpaired) electrons. The summed E-state index contributed by atoms with van der Waals surface area (Å²) in [4.78, 5) is 3.94. The Morgan fingerprint density at radius 3 is 2.94 bits per heavy atom. The van der Waals surface area contributed by atoms with Crippen molar-refractivity contribution in [3.05, 3.63) is 52.7 Å². The molecule has 0 aliphatic carbocycles. The zero-order valence-electron chi connectivity index (χ0n) is 8.98. The van der Waals surface area contributed by atoms with Crippen molar-refractivity contribution < 1.29 is 4.42 Å². The molecule has 0 bridgehead atoms. The Morgan fingerprint density at radius 1 is 1.50 bits per heavy atom. The third kappa shape index (κ3) is 2.26. The molecule has 1 atom stereocenters. The van der Waals surface area contributed by atoms with E-state index in [1.807, 2.05) is 19.1 Å². The standard InChI is InChI=1S/C12H13ClN2O/c1-8-10(3-5-16-8)12(14)6-9-2-4-15-7-11(9)13/h2-5,7,12H,6,14H2,1H3. The minimum atomic E-state index is -0.0985. The first-order chi connectivity index (χ1) is 7.68. The van der Waals surface area contributed by atoms with Crippen molar-refractivity contribution >= 4 is 11.6 Å². The Bertz CT molecular complexity index is 481.